The van der Waals surface area contributed by atoms with Crippen LogP contribution in [-0.2, 0) is 0 Å². The van der Waals surface area contributed by atoms with Crippen LogP contribution in [0.3, 0.4) is 0 Å². The maximum atomic E-state index is 4.78. The van der Waals surface area contributed by atoms with Crippen molar-refractivity contribution in [2.75, 3.05) is 6.54 Å². The van der Waals surface area contributed by atoms with E-state index in [2.05, 4.69) is 5.43 Å². The molecule has 0 saturated heterocycles. The third kappa shape index (κ3) is 13.6. The summed E-state index contributed by atoms with van der Waals surface area (Å²) in [4.78, 5) is 0. The summed E-state index contributed by atoms with van der Waals surface area (Å²) in [7, 11) is 0. The third-order valence-corrected chi connectivity index (χ3v) is 0.204. The molecule has 2 nitrogen and oxygen atoms in total. The standard InChI is InChI=1S/C2H8N2.H2S/c1-2-4-3;/h4H,2-3H2,1H3;1H2. The highest BCUT2D eigenvalue weighted by Gasteiger charge is 1.50. The van der Waals surface area contributed by atoms with Gasteiger partial charge >= 0.3 is 0 Å². The molecule has 5 heavy (non-hydrogen) atoms. The number of hydrogen-bond acceptors (Lipinski definition) is 2. The average Bonchev–Trinajstić information content (AvgIpc) is 1.37. The molecule has 34 valence electrons. The smallest absolute Gasteiger partial charge is 0.00689 e. The van der Waals surface area contributed by atoms with Crippen molar-refractivity contribution in [1.29, 1.82) is 0 Å². The Morgan fingerprint density at radius 3 is 2.00 bits per heavy atom. The molecule has 0 atom stereocenters. The molecule has 0 heterocycles. The lowest BCUT2D eigenvalue weighted by molar-refractivity contribution is 0.781. The number of nitrogens with two attached hydrogens (primary N) is 1. The summed E-state index contributed by atoms with van der Waals surface area (Å²) in [5.74, 6) is 4.78. The van der Waals surface area contributed by atoms with Gasteiger partial charge in [-0.05, 0) is 0 Å². The average molecular weight is 94.2 g/mol. The highest BCUT2D eigenvalue weighted by atomic mass is 32.1. The van der Waals surface area contributed by atoms with Gasteiger partial charge in [-0.3, -0.25) is 11.3 Å². The molecule has 0 aliphatic rings. The van der Waals surface area contributed by atoms with E-state index in [1.165, 1.54) is 0 Å². The fraction of sp³-hybridized carbons (Fsp3) is 1.00. The van der Waals surface area contributed by atoms with E-state index in [9.17, 15) is 0 Å². The number of nitrogens with one attached hydrogen (secondary N) is 1. The molecule has 0 bridgehead atoms. The molecule has 0 amide bonds. The summed E-state index contributed by atoms with van der Waals surface area (Å²) in [5, 5.41) is 0. The van der Waals surface area contributed by atoms with Crippen LogP contribution in [-0.4, -0.2) is 6.54 Å². The Labute approximate surface area is 39.2 Å². The summed E-state index contributed by atoms with van der Waals surface area (Å²) in [6.07, 6.45) is 0. The van der Waals surface area contributed by atoms with E-state index in [1.807, 2.05) is 6.92 Å². The highest BCUT2D eigenvalue weighted by molar-refractivity contribution is 7.59. The zero-order valence-corrected chi connectivity index (χ0v) is 4.28. The molecule has 0 unspecified atom stereocenters. The van der Waals surface area contributed by atoms with Gasteiger partial charge in [0.05, 0.1) is 0 Å². The van der Waals surface area contributed by atoms with Gasteiger partial charge in [-0.15, -0.1) is 0 Å². The molecular formula is C2H10N2S. The molecule has 0 rings (SSSR count). The summed E-state index contributed by atoms with van der Waals surface area (Å²) in [5.41, 5.74) is 2.43. The van der Waals surface area contributed by atoms with Crippen LogP contribution in [0, 0.1) is 0 Å². The summed E-state index contributed by atoms with van der Waals surface area (Å²) < 4.78 is 0. The molecule has 0 saturated carbocycles. The Morgan fingerprint density at radius 1 is 1.80 bits per heavy atom. The second-order valence-electron chi connectivity index (χ2n) is 0.558. The van der Waals surface area contributed by atoms with Crippen LogP contribution in [0.25, 0.3) is 0 Å². The molecule has 0 aliphatic carbocycles. The van der Waals surface area contributed by atoms with Gasteiger partial charge < -0.3 is 0 Å². The lowest BCUT2D eigenvalue weighted by atomic mass is 10.8. The van der Waals surface area contributed by atoms with Crippen molar-refractivity contribution >= 4 is 13.5 Å². The first-order valence-corrected chi connectivity index (χ1v) is 1.35. The van der Waals surface area contributed by atoms with Crippen molar-refractivity contribution in [3.63, 3.8) is 0 Å². The van der Waals surface area contributed by atoms with Crippen molar-refractivity contribution in [2.24, 2.45) is 5.84 Å². The fourth-order valence-corrected chi connectivity index (χ4v) is 0. The lowest BCUT2D eigenvalue weighted by Crippen LogP contribution is -2.20. The molecule has 0 radical (unpaired) electrons. The molecule has 3 heteroatoms. The minimum Gasteiger partial charge on any atom is -0.271 e. The van der Waals surface area contributed by atoms with Crippen molar-refractivity contribution in [2.45, 2.75) is 6.92 Å². The summed E-state index contributed by atoms with van der Waals surface area (Å²) >= 11 is 0. The van der Waals surface area contributed by atoms with E-state index in [0.717, 1.165) is 6.54 Å². The van der Waals surface area contributed by atoms with E-state index in [0.29, 0.717) is 0 Å². The Balaban J connectivity index is 0. The normalized spacial score (nSPS) is 6.00. The van der Waals surface area contributed by atoms with Crippen molar-refractivity contribution in [3.05, 3.63) is 0 Å². The van der Waals surface area contributed by atoms with Crippen LogP contribution in [0.4, 0.5) is 0 Å². The quantitative estimate of drug-likeness (QED) is 0.342. The van der Waals surface area contributed by atoms with Gasteiger partial charge in [0.2, 0.25) is 0 Å². The van der Waals surface area contributed by atoms with Crippen LogP contribution in [0.1, 0.15) is 6.92 Å². The monoisotopic (exact) mass is 94.1 g/mol. The predicted molar refractivity (Wildman–Crippen MR) is 28.2 cm³/mol. The van der Waals surface area contributed by atoms with Gasteiger partial charge in [-0.1, -0.05) is 6.92 Å². The Morgan fingerprint density at radius 2 is 2.00 bits per heavy atom. The topological polar surface area (TPSA) is 38.0 Å². The Bertz CT molecular complexity index is 9.61. The minimum atomic E-state index is 0. The highest BCUT2D eigenvalue weighted by Crippen LogP contribution is 1.30. The third-order valence-electron chi connectivity index (χ3n) is 0.204. The van der Waals surface area contributed by atoms with Gasteiger partial charge in [-0.25, -0.2) is 0 Å². The van der Waals surface area contributed by atoms with Gasteiger partial charge in [0, 0.05) is 6.54 Å². The zero-order chi connectivity index (χ0) is 3.41. The van der Waals surface area contributed by atoms with Crippen molar-refractivity contribution in [1.82, 2.24) is 5.43 Å². The maximum absolute atomic E-state index is 4.78. The van der Waals surface area contributed by atoms with Crippen LogP contribution >= 0.6 is 13.5 Å². The zero-order valence-electron chi connectivity index (χ0n) is 3.28. The fourth-order valence-electron chi connectivity index (χ4n) is 0. The van der Waals surface area contributed by atoms with Crippen LogP contribution in [0.5, 0.6) is 0 Å². The van der Waals surface area contributed by atoms with E-state index in [1.54, 1.807) is 0 Å². The van der Waals surface area contributed by atoms with Crippen LogP contribution in [0.15, 0.2) is 0 Å². The number of hydrazine groups is 1. The van der Waals surface area contributed by atoms with E-state index in [-0.39, 0.29) is 13.5 Å². The van der Waals surface area contributed by atoms with Crippen molar-refractivity contribution < 1.29 is 0 Å². The first-order valence-electron chi connectivity index (χ1n) is 1.35. The molecule has 0 fully saturated rings. The van der Waals surface area contributed by atoms with Gasteiger partial charge in [0.1, 0.15) is 0 Å². The molecule has 0 spiro atoms. The largest absolute Gasteiger partial charge is 0.271 e. The minimum absolute atomic E-state index is 0. The summed E-state index contributed by atoms with van der Waals surface area (Å²) in [6.45, 7) is 2.79. The first-order chi connectivity index (χ1) is 1.91. The SMILES string of the molecule is CCNN.S. The van der Waals surface area contributed by atoms with Crippen LogP contribution < -0.4 is 11.3 Å². The number of hydrogen-bond donors (Lipinski definition) is 2. The van der Waals surface area contributed by atoms with E-state index < -0.39 is 0 Å². The van der Waals surface area contributed by atoms with E-state index >= 15 is 0 Å². The van der Waals surface area contributed by atoms with E-state index in [4.69, 9.17) is 5.84 Å². The van der Waals surface area contributed by atoms with Gasteiger partial charge in [-0.2, -0.15) is 13.5 Å². The molecule has 0 aliphatic heterocycles. The van der Waals surface area contributed by atoms with Crippen LogP contribution in [0.2, 0.25) is 0 Å². The molecule has 3 N–H and O–H groups in total. The predicted octanol–water partition coefficient (Wildman–Crippen LogP) is -0.418. The molecule has 0 aromatic rings. The molecule has 0 aromatic carbocycles. The summed E-state index contributed by atoms with van der Waals surface area (Å²) in [6, 6.07) is 0. The van der Waals surface area contributed by atoms with Gasteiger partial charge in [0.15, 0.2) is 0 Å². The second kappa shape index (κ2) is 8.86. The van der Waals surface area contributed by atoms with Gasteiger partial charge in [0.25, 0.3) is 0 Å². The molecular weight excluding hydrogens is 84.1 g/mol. The lowest BCUT2D eigenvalue weighted by Gasteiger charge is -1.77. The Hall–Kier alpha value is 0.270. The molecule has 0 aromatic heterocycles. The van der Waals surface area contributed by atoms with Crippen molar-refractivity contribution in [3.8, 4) is 0 Å². The Kier molecular flexibility index (Phi) is 15.9. The maximum Gasteiger partial charge on any atom is 0.00689 e. The first kappa shape index (κ1) is 8.99. The number of rotatable bonds is 1. The second-order valence-corrected chi connectivity index (χ2v) is 0.558.